The van der Waals surface area contributed by atoms with Crippen LogP contribution in [0.3, 0.4) is 0 Å². The third-order valence-corrected chi connectivity index (χ3v) is 6.58. The van der Waals surface area contributed by atoms with Crippen LogP contribution in [0.15, 0.2) is 75.9 Å². The summed E-state index contributed by atoms with van der Waals surface area (Å²) in [6, 6.07) is 12.4. The van der Waals surface area contributed by atoms with Gasteiger partial charge in [0.25, 0.3) is 5.91 Å². The van der Waals surface area contributed by atoms with Crippen molar-refractivity contribution in [2.75, 3.05) is 17.3 Å². The number of halogens is 3. The van der Waals surface area contributed by atoms with Crippen molar-refractivity contribution in [3.05, 3.63) is 99.7 Å². The Labute approximate surface area is 238 Å². The largest absolute Gasteiger partial charge is 0.465 e. The van der Waals surface area contributed by atoms with E-state index >= 15 is 0 Å². The molecular formula is C30H26F3N3O6. The van der Waals surface area contributed by atoms with E-state index in [0.29, 0.717) is 5.69 Å². The van der Waals surface area contributed by atoms with Crippen molar-refractivity contribution in [1.82, 2.24) is 5.32 Å². The Kier molecular flexibility index (Phi) is 8.36. The second kappa shape index (κ2) is 11.8. The van der Waals surface area contributed by atoms with Gasteiger partial charge in [0.15, 0.2) is 0 Å². The number of nitrogens with one attached hydrogen (secondary N) is 2. The van der Waals surface area contributed by atoms with Crippen molar-refractivity contribution in [2.45, 2.75) is 33.5 Å². The first kappa shape index (κ1) is 29.8. The van der Waals surface area contributed by atoms with Gasteiger partial charge in [-0.1, -0.05) is 12.1 Å². The first-order valence-electron chi connectivity index (χ1n) is 12.6. The highest BCUT2D eigenvalue weighted by Gasteiger charge is 2.39. The molecule has 4 rings (SSSR count). The van der Waals surface area contributed by atoms with Gasteiger partial charge in [-0.25, -0.2) is 4.79 Å². The Hall–Kier alpha value is -5.13. The Morgan fingerprint density at radius 3 is 2.38 bits per heavy atom. The first-order valence-corrected chi connectivity index (χ1v) is 12.6. The Morgan fingerprint density at radius 1 is 0.976 bits per heavy atom. The lowest BCUT2D eigenvalue weighted by molar-refractivity contribution is -0.137. The molecule has 0 saturated heterocycles. The number of nitrogens with zero attached hydrogens (tertiary/aromatic N) is 1. The highest BCUT2D eigenvalue weighted by Crippen LogP contribution is 2.38. The van der Waals surface area contributed by atoms with Gasteiger partial charge in [0, 0.05) is 17.1 Å². The van der Waals surface area contributed by atoms with E-state index in [0.717, 1.165) is 41.3 Å². The van der Waals surface area contributed by atoms with E-state index in [1.807, 2.05) is 19.9 Å². The van der Waals surface area contributed by atoms with Gasteiger partial charge in [0.2, 0.25) is 0 Å². The average molecular weight is 582 g/mol. The number of rotatable bonds is 6. The Morgan fingerprint density at radius 2 is 1.71 bits per heavy atom. The summed E-state index contributed by atoms with van der Waals surface area (Å²) in [6.45, 7) is 5.05. The molecule has 3 amide bonds. The predicted octanol–water partition coefficient (Wildman–Crippen LogP) is 5.05. The summed E-state index contributed by atoms with van der Waals surface area (Å²) in [4.78, 5) is 51.5. The number of carbonyl (C=O) groups excluding carboxylic acids is 4. The molecule has 1 aromatic heterocycles. The van der Waals surface area contributed by atoms with Crippen molar-refractivity contribution in [3.8, 4) is 0 Å². The number of amides is 3. The Bertz CT molecular complexity index is 1650. The van der Waals surface area contributed by atoms with E-state index < -0.39 is 35.4 Å². The van der Waals surface area contributed by atoms with Crippen LogP contribution in [0.1, 0.15) is 35.1 Å². The fraction of sp³-hybridized carbons (Fsp3) is 0.200. The van der Waals surface area contributed by atoms with Crippen molar-refractivity contribution < 1.29 is 41.5 Å². The number of alkyl halides is 3. The summed E-state index contributed by atoms with van der Waals surface area (Å²) >= 11 is 0. The average Bonchev–Trinajstić information content (AvgIpc) is 3.49. The first-order chi connectivity index (χ1) is 19.8. The Balaban J connectivity index is 1.51. The smallest absolute Gasteiger partial charge is 0.416 e. The summed E-state index contributed by atoms with van der Waals surface area (Å²) in [5.41, 5.74) is 1.18. The maximum atomic E-state index is 13.4. The molecule has 9 nitrogen and oxygen atoms in total. The molecule has 1 aliphatic rings. The van der Waals surface area contributed by atoms with Crippen LogP contribution in [-0.4, -0.2) is 30.8 Å². The number of carbonyl (C=O) groups is 4. The minimum absolute atomic E-state index is 0.0752. The van der Waals surface area contributed by atoms with E-state index in [-0.39, 0.29) is 40.6 Å². The van der Waals surface area contributed by atoms with Crippen LogP contribution < -0.4 is 15.5 Å². The molecule has 0 unspecified atom stereocenters. The quantitative estimate of drug-likeness (QED) is 0.239. The molecule has 0 atom stereocenters. The van der Waals surface area contributed by atoms with E-state index in [4.69, 9.17) is 9.15 Å². The zero-order valence-corrected chi connectivity index (χ0v) is 23.0. The number of hydrogen-bond acceptors (Lipinski definition) is 6. The second-order valence-corrected chi connectivity index (χ2v) is 9.44. The van der Waals surface area contributed by atoms with Crippen molar-refractivity contribution in [3.63, 3.8) is 0 Å². The van der Waals surface area contributed by atoms with Crippen LogP contribution in [-0.2, 0) is 36.6 Å². The lowest BCUT2D eigenvalue weighted by Gasteiger charge is -2.19. The molecule has 2 N–H and O–H groups in total. The molecule has 1 aliphatic heterocycles. The molecule has 2 heterocycles. The van der Waals surface area contributed by atoms with Gasteiger partial charge < -0.3 is 19.8 Å². The highest BCUT2D eigenvalue weighted by molar-refractivity contribution is 6.39. The molecule has 12 heteroatoms. The van der Waals surface area contributed by atoms with Crippen molar-refractivity contribution in [2.24, 2.45) is 0 Å². The lowest BCUT2D eigenvalue weighted by atomic mass is 10.1. The van der Waals surface area contributed by atoms with E-state index in [1.54, 1.807) is 12.1 Å². The van der Waals surface area contributed by atoms with Gasteiger partial charge in [-0.05, 0) is 80.4 Å². The van der Waals surface area contributed by atoms with Crippen LogP contribution in [0.5, 0.6) is 0 Å². The third-order valence-electron chi connectivity index (χ3n) is 6.58. The number of allylic oxidation sites excluding steroid dienone is 1. The fourth-order valence-corrected chi connectivity index (χ4v) is 4.28. The SMILES string of the molecule is COC(=O)C1=C(C)N(c2cccc(C(F)(F)F)c2)C(=O)/C1=C/c1ccc(CNC(=O)C(=O)Nc2ccc(C)c(C)c2)o1. The molecule has 0 spiro atoms. The standard InChI is InChI=1S/C30H26F3N3O6/c1-16-8-9-20(12-17(16)2)35-27(38)26(37)34-15-23-11-10-22(42-23)14-24-25(29(40)41-4)18(3)36(28(24)39)21-7-5-6-19(13-21)30(31,32)33/h5-14H,15H2,1-4H3,(H,34,37)(H,35,38)/b24-14+. The molecular weight excluding hydrogens is 555 g/mol. The number of furan rings is 1. The normalized spacial score (nSPS) is 14.4. The number of hydrogen-bond donors (Lipinski definition) is 2. The van der Waals surface area contributed by atoms with Gasteiger partial charge in [0.1, 0.15) is 11.5 Å². The summed E-state index contributed by atoms with van der Waals surface area (Å²) in [5.74, 6) is -3.06. The molecule has 0 radical (unpaired) electrons. The second-order valence-electron chi connectivity index (χ2n) is 9.44. The van der Waals surface area contributed by atoms with Gasteiger partial charge in [-0.2, -0.15) is 13.2 Å². The maximum absolute atomic E-state index is 13.4. The van der Waals surface area contributed by atoms with E-state index in [1.165, 1.54) is 31.2 Å². The molecule has 0 fully saturated rings. The van der Waals surface area contributed by atoms with Crippen LogP contribution in [0.4, 0.5) is 24.5 Å². The zero-order chi connectivity index (χ0) is 30.8. The molecule has 3 aromatic rings. The number of methoxy groups -OCH3 is 1. The molecule has 218 valence electrons. The summed E-state index contributed by atoms with van der Waals surface area (Å²) < 4.78 is 50.4. The molecule has 0 bridgehead atoms. The van der Waals surface area contributed by atoms with Gasteiger partial charge >= 0.3 is 24.0 Å². The van der Waals surface area contributed by atoms with Crippen molar-refractivity contribution in [1.29, 1.82) is 0 Å². The van der Waals surface area contributed by atoms with Crippen molar-refractivity contribution >= 4 is 41.1 Å². The summed E-state index contributed by atoms with van der Waals surface area (Å²) in [5, 5.41) is 4.95. The number of ether oxygens (including phenoxy) is 1. The van der Waals surface area contributed by atoms with Gasteiger partial charge in [-0.3, -0.25) is 19.3 Å². The number of anilines is 2. The molecule has 42 heavy (non-hydrogen) atoms. The van der Waals surface area contributed by atoms with E-state index in [9.17, 15) is 32.3 Å². The summed E-state index contributed by atoms with van der Waals surface area (Å²) in [6.07, 6.45) is -3.38. The molecule has 0 saturated carbocycles. The van der Waals surface area contributed by atoms with Gasteiger partial charge in [0.05, 0.1) is 30.4 Å². The minimum atomic E-state index is -4.64. The fourth-order valence-electron chi connectivity index (χ4n) is 4.28. The van der Waals surface area contributed by atoms with Crippen LogP contribution in [0, 0.1) is 13.8 Å². The number of aryl methyl sites for hydroxylation is 2. The lowest BCUT2D eigenvalue weighted by Crippen LogP contribution is -2.34. The highest BCUT2D eigenvalue weighted by atomic mass is 19.4. The topological polar surface area (TPSA) is 118 Å². The zero-order valence-electron chi connectivity index (χ0n) is 23.0. The van der Waals surface area contributed by atoms with Crippen LogP contribution in [0.2, 0.25) is 0 Å². The maximum Gasteiger partial charge on any atom is 0.416 e. The minimum Gasteiger partial charge on any atom is -0.465 e. The summed E-state index contributed by atoms with van der Waals surface area (Å²) in [7, 11) is 1.11. The number of esters is 1. The van der Waals surface area contributed by atoms with Gasteiger partial charge in [-0.15, -0.1) is 0 Å². The van der Waals surface area contributed by atoms with E-state index in [2.05, 4.69) is 10.6 Å². The monoisotopic (exact) mass is 581 g/mol. The number of benzene rings is 2. The molecule has 0 aliphatic carbocycles. The van der Waals surface area contributed by atoms with Crippen LogP contribution in [0.25, 0.3) is 6.08 Å². The third kappa shape index (κ3) is 6.27. The molecule has 2 aromatic carbocycles. The predicted molar refractivity (Wildman–Crippen MR) is 147 cm³/mol. The van der Waals surface area contributed by atoms with Crippen LogP contribution >= 0.6 is 0 Å².